The van der Waals surface area contributed by atoms with Crippen molar-refractivity contribution < 1.29 is 23.4 Å². The van der Waals surface area contributed by atoms with Crippen molar-refractivity contribution >= 4 is 5.97 Å². The minimum atomic E-state index is -0.430. The third-order valence-electron chi connectivity index (χ3n) is 4.25. The van der Waals surface area contributed by atoms with E-state index in [2.05, 4.69) is 13.5 Å². The SMILES string of the molecule is C=C(CN(C)C)C(=O)OCCOc1ccc(-c2ccc(OCCCC)cc2F)cc1. The van der Waals surface area contributed by atoms with E-state index in [0.717, 1.165) is 18.4 Å². The third-order valence-corrected chi connectivity index (χ3v) is 4.25. The smallest absolute Gasteiger partial charge is 0.334 e. The van der Waals surface area contributed by atoms with E-state index in [9.17, 15) is 9.18 Å². The van der Waals surface area contributed by atoms with E-state index in [1.807, 2.05) is 19.0 Å². The molecule has 5 nitrogen and oxygen atoms in total. The standard InChI is InChI=1S/C24H30FNO4/c1-5-6-13-28-21-11-12-22(23(25)16-21)19-7-9-20(10-8-19)29-14-15-30-24(27)18(2)17-26(3)4/h7-12,16H,2,5-6,13-15,17H2,1,3-4H3. The molecule has 162 valence electrons. The second-order valence-corrected chi connectivity index (χ2v) is 7.19. The number of nitrogens with zero attached hydrogens (tertiary/aromatic N) is 1. The van der Waals surface area contributed by atoms with Crippen LogP contribution in [0.2, 0.25) is 0 Å². The van der Waals surface area contributed by atoms with E-state index >= 15 is 0 Å². The molecular formula is C24H30FNO4. The number of ether oxygens (including phenoxy) is 3. The van der Waals surface area contributed by atoms with Crippen molar-refractivity contribution in [1.29, 1.82) is 0 Å². The average Bonchev–Trinajstić information content (AvgIpc) is 2.71. The molecule has 0 saturated heterocycles. The lowest BCUT2D eigenvalue weighted by atomic mass is 10.0. The molecule has 2 aromatic rings. The Morgan fingerprint density at radius 3 is 2.30 bits per heavy atom. The molecule has 0 heterocycles. The number of rotatable bonds is 12. The summed E-state index contributed by atoms with van der Waals surface area (Å²) < 4.78 is 30.7. The maximum Gasteiger partial charge on any atom is 0.334 e. The Kier molecular flexibility index (Phi) is 9.35. The lowest BCUT2D eigenvalue weighted by Gasteiger charge is -2.12. The first-order valence-corrected chi connectivity index (χ1v) is 10.1. The van der Waals surface area contributed by atoms with E-state index in [0.29, 0.717) is 35.8 Å². The maximum absolute atomic E-state index is 14.4. The van der Waals surface area contributed by atoms with Crippen LogP contribution < -0.4 is 9.47 Å². The van der Waals surface area contributed by atoms with Crippen LogP contribution in [-0.4, -0.2) is 51.3 Å². The zero-order valence-electron chi connectivity index (χ0n) is 17.9. The van der Waals surface area contributed by atoms with Gasteiger partial charge < -0.3 is 19.1 Å². The third kappa shape index (κ3) is 7.52. The van der Waals surface area contributed by atoms with Crippen molar-refractivity contribution in [3.05, 3.63) is 60.4 Å². The summed E-state index contributed by atoms with van der Waals surface area (Å²) in [5, 5.41) is 0. The van der Waals surface area contributed by atoms with Gasteiger partial charge in [0, 0.05) is 23.7 Å². The van der Waals surface area contributed by atoms with Gasteiger partial charge >= 0.3 is 5.97 Å². The Balaban J connectivity index is 1.83. The van der Waals surface area contributed by atoms with Crippen molar-refractivity contribution in [3.63, 3.8) is 0 Å². The summed E-state index contributed by atoms with van der Waals surface area (Å²) in [6, 6.07) is 12.0. The molecule has 0 aliphatic carbocycles. The van der Waals surface area contributed by atoms with Gasteiger partial charge in [-0.05, 0) is 50.3 Å². The fourth-order valence-electron chi connectivity index (χ4n) is 2.73. The number of esters is 1. The molecule has 0 fully saturated rings. The van der Waals surface area contributed by atoms with Crippen molar-refractivity contribution in [2.45, 2.75) is 19.8 Å². The molecule has 0 atom stereocenters. The molecule has 0 amide bonds. The van der Waals surface area contributed by atoms with Gasteiger partial charge in [0.25, 0.3) is 0 Å². The molecule has 0 N–H and O–H groups in total. The summed E-state index contributed by atoms with van der Waals surface area (Å²) in [4.78, 5) is 13.6. The number of carbonyl (C=O) groups is 1. The molecule has 30 heavy (non-hydrogen) atoms. The Hall–Kier alpha value is -2.86. The summed E-state index contributed by atoms with van der Waals surface area (Å²) in [5.41, 5.74) is 1.64. The highest BCUT2D eigenvalue weighted by Gasteiger charge is 2.10. The number of benzene rings is 2. The Bertz CT molecular complexity index is 834. The largest absolute Gasteiger partial charge is 0.493 e. The van der Waals surface area contributed by atoms with Gasteiger partial charge in [-0.2, -0.15) is 0 Å². The fourth-order valence-corrected chi connectivity index (χ4v) is 2.73. The lowest BCUT2D eigenvalue weighted by Crippen LogP contribution is -2.22. The van der Waals surface area contributed by atoms with Gasteiger partial charge in [0.05, 0.1) is 6.61 Å². The van der Waals surface area contributed by atoms with E-state index in [-0.39, 0.29) is 19.0 Å². The molecule has 0 aliphatic rings. The van der Waals surface area contributed by atoms with Crippen LogP contribution in [0.15, 0.2) is 54.6 Å². The highest BCUT2D eigenvalue weighted by molar-refractivity contribution is 5.88. The van der Waals surface area contributed by atoms with Crippen LogP contribution in [0.25, 0.3) is 11.1 Å². The second kappa shape index (κ2) is 12.0. The average molecular weight is 416 g/mol. The van der Waals surface area contributed by atoms with Crippen LogP contribution in [0.5, 0.6) is 11.5 Å². The first-order valence-electron chi connectivity index (χ1n) is 10.1. The number of carbonyl (C=O) groups excluding carboxylic acids is 1. The van der Waals surface area contributed by atoms with Crippen molar-refractivity contribution in [2.24, 2.45) is 0 Å². The molecule has 0 aromatic heterocycles. The number of unbranched alkanes of at least 4 members (excludes halogenated alkanes) is 1. The van der Waals surface area contributed by atoms with Crippen LogP contribution in [-0.2, 0) is 9.53 Å². The molecule has 0 saturated carbocycles. The summed E-state index contributed by atoms with van der Waals surface area (Å²) in [7, 11) is 3.71. The Morgan fingerprint density at radius 1 is 1.00 bits per heavy atom. The zero-order chi connectivity index (χ0) is 21.9. The van der Waals surface area contributed by atoms with Crippen LogP contribution >= 0.6 is 0 Å². The van der Waals surface area contributed by atoms with Crippen LogP contribution in [0, 0.1) is 5.82 Å². The van der Waals surface area contributed by atoms with Gasteiger partial charge in [0.1, 0.15) is 30.5 Å². The summed E-state index contributed by atoms with van der Waals surface area (Å²) >= 11 is 0. The number of hydrogen-bond donors (Lipinski definition) is 0. The predicted octanol–water partition coefficient (Wildman–Crippen LogP) is 4.71. The highest BCUT2D eigenvalue weighted by atomic mass is 19.1. The van der Waals surface area contributed by atoms with Gasteiger partial charge in [-0.15, -0.1) is 0 Å². The molecular weight excluding hydrogens is 385 g/mol. The molecule has 0 aliphatic heterocycles. The van der Waals surface area contributed by atoms with E-state index in [1.165, 1.54) is 6.07 Å². The molecule has 0 spiro atoms. The van der Waals surface area contributed by atoms with Crippen LogP contribution in [0.4, 0.5) is 4.39 Å². The monoisotopic (exact) mass is 415 g/mol. The van der Waals surface area contributed by atoms with Crippen molar-refractivity contribution in [2.75, 3.05) is 40.5 Å². The van der Waals surface area contributed by atoms with E-state index < -0.39 is 5.97 Å². The van der Waals surface area contributed by atoms with Gasteiger partial charge in [-0.1, -0.05) is 32.1 Å². The van der Waals surface area contributed by atoms with Gasteiger partial charge in [-0.3, -0.25) is 0 Å². The summed E-state index contributed by atoms with van der Waals surface area (Å²) in [6.07, 6.45) is 1.97. The molecule has 0 unspecified atom stereocenters. The van der Waals surface area contributed by atoms with E-state index in [4.69, 9.17) is 14.2 Å². The van der Waals surface area contributed by atoms with E-state index in [1.54, 1.807) is 36.4 Å². The van der Waals surface area contributed by atoms with Crippen LogP contribution in [0.1, 0.15) is 19.8 Å². The van der Waals surface area contributed by atoms with Crippen LogP contribution in [0.3, 0.4) is 0 Å². The summed E-state index contributed by atoms with van der Waals surface area (Å²) in [6.45, 7) is 7.16. The first-order chi connectivity index (χ1) is 14.4. The Morgan fingerprint density at radius 2 is 1.67 bits per heavy atom. The lowest BCUT2D eigenvalue weighted by molar-refractivity contribution is -0.139. The van der Waals surface area contributed by atoms with Gasteiger partial charge in [-0.25, -0.2) is 9.18 Å². The minimum absolute atomic E-state index is 0.126. The number of hydrogen-bond acceptors (Lipinski definition) is 5. The fraction of sp³-hybridized carbons (Fsp3) is 0.375. The Labute approximate surface area is 178 Å². The normalized spacial score (nSPS) is 10.7. The first kappa shape index (κ1) is 23.4. The van der Waals surface area contributed by atoms with Gasteiger partial charge in [0.15, 0.2) is 0 Å². The van der Waals surface area contributed by atoms with Crippen molar-refractivity contribution in [1.82, 2.24) is 4.90 Å². The maximum atomic E-state index is 14.4. The van der Waals surface area contributed by atoms with Crippen molar-refractivity contribution in [3.8, 4) is 22.6 Å². The molecule has 0 bridgehead atoms. The van der Waals surface area contributed by atoms with Gasteiger partial charge in [0.2, 0.25) is 0 Å². The topological polar surface area (TPSA) is 48.0 Å². The molecule has 2 aromatic carbocycles. The highest BCUT2D eigenvalue weighted by Crippen LogP contribution is 2.28. The zero-order valence-corrected chi connectivity index (χ0v) is 17.9. The minimum Gasteiger partial charge on any atom is -0.493 e. The summed E-state index contributed by atoms with van der Waals surface area (Å²) in [5.74, 6) is 0.386. The number of likely N-dealkylation sites (N-methyl/N-ethyl adjacent to an activating group) is 1. The predicted molar refractivity (Wildman–Crippen MR) is 116 cm³/mol. The molecule has 6 heteroatoms. The number of halogens is 1. The quantitative estimate of drug-likeness (QED) is 0.285. The second-order valence-electron chi connectivity index (χ2n) is 7.19. The molecule has 2 rings (SSSR count). The molecule has 0 radical (unpaired) electrons.